The van der Waals surface area contributed by atoms with Crippen molar-refractivity contribution in [3.63, 3.8) is 0 Å². The molecule has 2 N–H and O–H groups in total. The van der Waals surface area contributed by atoms with Crippen molar-refractivity contribution in [3.8, 4) is 17.3 Å². The van der Waals surface area contributed by atoms with Gasteiger partial charge in [0.15, 0.2) is 0 Å². The molecule has 0 aliphatic carbocycles. The van der Waals surface area contributed by atoms with E-state index >= 15 is 0 Å². The van der Waals surface area contributed by atoms with Crippen LogP contribution >= 0.6 is 0 Å². The van der Waals surface area contributed by atoms with E-state index in [1.165, 1.54) is 0 Å². The average Bonchev–Trinajstić information content (AvgIpc) is 3.05. The van der Waals surface area contributed by atoms with Gasteiger partial charge in [-0.1, -0.05) is 18.2 Å². The van der Waals surface area contributed by atoms with Crippen LogP contribution in [0.15, 0.2) is 60.9 Å². The van der Waals surface area contributed by atoms with Crippen molar-refractivity contribution in [1.29, 1.82) is 5.26 Å². The fraction of sp³-hybridized carbons (Fsp3) is 0.0526. The molecule has 0 unspecified atom stereocenters. The average molecular weight is 326 g/mol. The molecule has 0 fully saturated rings. The standard InChI is InChI=1S/C19H14N6/c20-11-13-4-3-5-14(8-13)17-12-25-18(19(21)23-17)10-16(24-25)9-15-6-1-2-7-22-15/h1-8,10,12H,9H2,(H2,21,23). The third kappa shape index (κ3) is 2.91. The van der Waals surface area contributed by atoms with E-state index in [9.17, 15) is 0 Å². The third-order valence-electron chi connectivity index (χ3n) is 3.91. The van der Waals surface area contributed by atoms with E-state index in [4.69, 9.17) is 11.0 Å². The highest BCUT2D eigenvalue weighted by atomic mass is 15.2. The summed E-state index contributed by atoms with van der Waals surface area (Å²) in [5.41, 5.74) is 10.8. The van der Waals surface area contributed by atoms with Crippen molar-refractivity contribution in [2.24, 2.45) is 0 Å². The number of benzene rings is 1. The lowest BCUT2D eigenvalue weighted by atomic mass is 10.1. The van der Waals surface area contributed by atoms with Gasteiger partial charge in [0.1, 0.15) is 11.3 Å². The van der Waals surface area contributed by atoms with Gasteiger partial charge in [-0.05, 0) is 30.3 Å². The molecule has 25 heavy (non-hydrogen) atoms. The Hall–Kier alpha value is -3.72. The molecule has 1 aromatic carbocycles. The molecular weight excluding hydrogens is 312 g/mol. The van der Waals surface area contributed by atoms with Gasteiger partial charge in [-0.3, -0.25) is 4.98 Å². The van der Waals surface area contributed by atoms with E-state index in [-0.39, 0.29) is 0 Å². The second-order valence-corrected chi connectivity index (χ2v) is 5.67. The normalized spacial score (nSPS) is 10.7. The molecule has 0 radical (unpaired) electrons. The van der Waals surface area contributed by atoms with Gasteiger partial charge in [0.2, 0.25) is 0 Å². The smallest absolute Gasteiger partial charge is 0.150 e. The minimum atomic E-state index is 0.402. The Labute approximate surface area is 144 Å². The number of nitriles is 1. The number of hydrogen-bond donors (Lipinski definition) is 1. The summed E-state index contributed by atoms with van der Waals surface area (Å²) in [6, 6.07) is 17.1. The van der Waals surface area contributed by atoms with E-state index in [0.717, 1.165) is 22.5 Å². The molecule has 4 aromatic rings. The number of aromatic nitrogens is 4. The summed E-state index contributed by atoms with van der Waals surface area (Å²) in [5, 5.41) is 13.6. The molecule has 3 aromatic heterocycles. The molecule has 0 saturated carbocycles. The van der Waals surface area contributed by atoms with Crippen LogP contribution in [0.4, 0.5) is 5.82 Å². The fourth-order valence-electron chi connectivity index (χ4n) is 2.73. The van der Waals surface area contributed by atoms with Crippen LogP contribution in [-0.2, 0) is 6.42 Å². The van der Waals surface area contributed by atoms with E-state index in [1.54, 1.807) is 22.8 Å². The summed E-state index contributed by atoms with van der Waals surface area (Å²) >= 11 is 0. The van der Waals surface area contributed by atoms with Crippen molar-refractivity contribution in [2.75, 3.05) is 5.73 Å². The second-order valence-electron chi connectivity index (χ2n) is 5.67. The third-order valence-corrected chi connectivity index (χ3v) is 3.91. The Morgan fingerprint density at radius 2 is 2.00 bits per heavy atom. The van der Waals surface area contributed by atoms with Gasteiger partial charge >= 0.3 is 0 Å². The number of nitrogen functional groups attached to an aromatic ring is 1. The zero-order valence-corrected chi connectivity index (χ0v) is 13.3. The SMILES string of the molecule is N#Cc1cccc(-c2cn3nc(Cc4ccccn4)cc3c(N)n2)c1. The number of hydrogen-bond acceptors (Lipinski definition) is 5. The summed E-state index contributed by atoms with van der Waals surface area (Å²) < 4.78 is 1.73. The summed E-state index contributed by atoms with van der Waals surface area (Å²) in [6.45, 7) is 0. The Balaban J connectivity index is 1.75. The van der Waals surface area contributed by atoms with E-state index < -0.39 is 0 Å². The topological polar surface area (TPSA) is 92.9 Å². The van der Waals surface area contributed by atoms with Gasteiger partial charge < -0.3 is 5.73 Å². The van der Waals surface area contributed by atoms with Gasteiger partial charge in [-0.15, -0.1) is 0 Å². The fourth-order valence-corrected chi connectivity index (χ4v) is 2.73. The first kappa shape index (κ1) is 14.8. The van der Waals surface area contributed by atoms with Crippen molar-refractivity contribution < 1.29 is 0 Å². The molecule has 120 valence electrons. The lowest BCUT2D eigenvalue weighted by Gasteiger charge is -2.04. The quantitative estimate of drug-likeness (QED) is 0.625. The monoisotopic (exact) mass is 326 g/mol. The van der Waals surface area contributed by atoms with Crippen molar-refractivity contribution in [2.45, 2.75) is 6.42 Å². The highest BCUT2D eigenvalue weighted by Gasteiger charge is 2.10. The lowest BCUT2D eigenvalue weighted by Crippen LogP contribution is -1.99. The first-order valence-corrected chi connectivity index (χ1v) is 7.78. The molecule has 6 heteroatoms. The highest BCUT2D eigenvalue weighted by Crippen LogP contribution is 2.23. The highest BCUT2D eigenvalue weighted by molar-refractivity contribution is 5.71. The Bertz CT molecular complexity index is 1090. The van der Waals surface area contributed by atoms with E-state index in [1.807, 2.05) is 42.6 Å². The van der Waals surface area contributed by atoms with Gasteiger partial charge in [-0.2, -0.15) is 10.4 Å². The molecule has 0 spiro atoms. The number of nitrogens with zero attached hydrogens (tertiary/aromatic N) is 5. The maximum atomic E-state index is 9.06. The molecule has 0 saturated heterocycles. The predicted octanol–water partition coefficient (Wildman–Crippen LogP) is 2.84. The van der Waals surface area contributed by atoms with Crippen molar-refractivity contribution in [3.05, 3.63) is 77.9 Å². The molecule has 6 nitrogen and oxygen atoms in total. The number of anilines is 1. The molecule has 0 amide bonds. The predicted molar refractivity (Wildman–Crippen MR) is 94.6 cm³/mol. The van der Waals surface area contributed by atoms with Crippen molar-refractivity contribution >= 4 is 11.3 Å². The molecule has 0 aliphatic rings. The van der Waals surface area contributed by atoms with E-state index in [2.05, 4.69) is 21.1 Å². The summed E-state index contributed by atoms with van der Waals surface area (Å²) in [7, 11) is 0. The second kappa shape index (κ2) is 6.06. The van der Waals surface area contributed by atoms with Crippen LogP contribution < -0.4 is 5.73 Å². The van der Waals surface area contributed by atoms with Crippen LogP contribution in [0.25, 0.3) is 16.8 Å². The van der Waals surface area contributed by atoms with Crippen LogP contribution in [0.5, 0.6) is 0 Å². The number of nitrogens with two attached hydrogens (primary N) is 1. The molecular formula is C19H14N6. The van der Waals surface area contributed by atoms with Crippen molar-refractivity contribution in [1.82, 2.24) is 19.6 Å². The van der Waals surface area contributed by atoms with Gasteiger partial charge in [0, 0.05) is 23.9 Å². The Morgan fingerprint density at radius 1 is 1.08 bits per heavy atom. The first-order valence-electron chi connectivity index (χ1n) is 7.78. The van der Waals surface area contributed by atoms with E-state index in [0.29, 0.717) is 23.5 Å². The zero-order chi connectivity index (χ0) is 17.2. The largest absolute Gasteiger partial charge is 0.382 e. The number of rotatable bonds is 3. The molecule has 0 atom stereocenters. The van der Waals surface area contributed by atoms with Crippen LogP contribution in [0.1, 0.15) is 17.0 Å². The minimum Gasteiger partial charge on any atom is -0.382 e. The van der Waals surface area contributed by atoms with Gasteiger partial charge in [-0.25, -0.2) is 9.50 Å². The van der Waals surface area contributed by atoms with Crippen LogP contribution in [-0.4, -0.2) is 19.6 Å². The van der Waals surface area contributed by atoms with Crippen LogP contribution in [0.2, 0.25) is 0 Å². The number of fused-ring (bicyclic) bond motifs is 1. The summed E-state index contributed by atoms with van der Waals surface area (Å²) in [5.74, 6) is 0.402. The maximum Gasteiger partial charge on any atom is 0.150 e. The number of pyridine rings is 1. The maximum absolute atomic E-state index is 9.06. The first-order chi connectivity index (χ1) is 12.2. The molecule has 4 rings (SSSR count). The van der Waals surface area contributed by atoms with Crippen LogP contribution in [0, 0.1) is 11.3 Å². The van der Waals surface area contributed by atoms with Crippen LogP contribution in [0.3, 0.4) is 0 Å². The Morgan fingerprint density at radius 3 is 2.80 bits per heavy atom. The van der Waals surface area contributed by atoms with Gasteiger partial charge in [0.25, 0.3) is 0 Å². The Kier molecular flexibility index (Phi) is 3.60. The minimum absolute atomic E-state index is 0.402. The zero-order valence-electron chi connectivity index (χ0n) is 13.3. The lowest BCUT2D eigenvalue weighted by molar-refractivity contribution is 0.894. The molecule has 3 heterocycles. The molecule has 0 bridgehead atoms. The molecule has 0 aliphatic heterocycles. The summed E-state index contributed by atoms with van der Waals surface area (Å²) in [6.07, 6.45) is 4.21. The summed E-state index contributed by atoms with van der Waals surface area (Å²) in [4.78, 5) is 8.78. The van der Waals surface area contributed by atoms with Gasteiger partial charge in [0.05, 0.1) is 29.2 Å².